The molecule has 1 heterocycles. The van der Waals surface area contributed by atoms with Crippen LogP contribution in [0.25, 0.3) is 11.0 Å². The fourth-order valence-corrected chi connectivity index (χ4v) is 3.01. The Kier molecular flexibility index (Phi) is 3.72. The van der Waals surface area contributed by atoms with Gasteiger partial charge in [-0.1, -0.05) is 12.1 Å². The molecule has 6 nitrogen and oxygen atoms in total. The number of aromatic nitrogens is 2. The van der Waals surface area contributed by atoms with Gasteiger partial charge in [0.2, 0.25) is 5.95 Å². The van der Waals surface area contributed by atoms with Crippen molar-refractivity contribution in [3.63, 3.8) is 0 Å². The zero-order chi connectivity index (χ0) is 15.6. The largest absolute Gasteiger partial charge is 0.323 e. The number of nitrogens with one attached hydrogen (secondary N) is 2. The molecule has 3 aromatic rings. The summed E-state index contributed by atoms with van der Waals surface area (Å²) in [6.07, 6.45) is 0. The number of aliphatic imine (C=N–C) groups is 1. The smallest absolute Gasteiger partial charge is 0.264 e. The number of hydrogen-bond acceptors (Lipinski definition) is 5. The summed E-state index contributed by atoms with van der Waals surface area (Å²) in [7, 11) is -3.72. The number of H-pyrrole nitrogens is 1. The Hall–Kier alpha value is -2.54. The van der Waals surface area contributed by atoms with Crippen molar-refractivity contribution in [2.24, 2.45) is 4.99 Å². The summed E-state index contributed by atoms with van der Waals surface area (Å²) in [5.41, 5.74) is 1.98. The summed E-state index contributed by atoms with van der Waals surface area (Å²) in [5.74, 6) is 0.169. The molecular formula is C14H10N4O2S2. The molecule has 8 heteroatoms. The third kappa shape index (κ3) is 2.89. The van der Waals surface area contributed by atoms with Gasteiger partial charge in [-0.25, -0.2) is 18.1 Å². The molecule has 0 atom stereocenters. The van der Waals surface area contributed by atoms with Gasteiger partial charge >= 0.3 is 0 Å². The second-order valence-corrected chi connectivity index (χ2v) is 6.27. The van der Waals surface area contributed by atoms with E-state index >= 15 is 0 Å². The number of sulfonamides is 1. The van der Waals surface area contributed by atoms with Crippen LogP contribution in [-0.4, -0.2) is 23.5 Å². The highest BCUT2D eigenvalue weighted by Gasteiger charge is 2.16. The molecule has 0 fully saturated rings. The Morgan fingerprint density at radius 1 is 1.14 bits per heavy atom. The highest BCUT2D eigenvalue weighted by atomic mass is 32.2. The van der Waals surface area contributed by atoms with E-state index in [1.807, 2.05) is 18.2 Å². The van der Waals surface area contributed by atoms with Gasteiger partial charge in [0.1, 0.15) is 0 Å². The lowest BCUT2D eigenvalue weighted by atomic mass is 10.3. The summed E-state index contributed by atoms with van der Waals surface area (Å²) < 4.78 is 27.0. The van der Waals surface area contributed by atoms with Gasteiger partial charge in [-0.15, -0.1) is 0 Å². The maximum absolute atomic E-state index is 12.3. The van der Waals surface area contributed by atoms with Gasteiger partial charge in [0, 0.05) is 0 Å². The average Bonchev–Trinajstić information content (AvgIpc) is 2.89. The minimum Gasteiger partial charge on any atom is -0.323 e. The van der Waals surface area contributed by atoms with E-state index in [-0.39, 0.29) is 10.8 Å². The molecule has 2 N–H and O–H groups in total. The van der Waals surface area contributed by atoms with Gasteiger partial charge in [0.25, 0.3) is 10.0 Å². The van der Waals surface area contributed by atoms with E-state index in [4.69, 9.17) is 0 Å². The first-order valence-corrected chi connectivity index (χ1v) is 8.13. The number of aromatic amines is 1. The van der Waals surface area contributed by atoms with Gasteiger partial charge in [0.15, 0.2) is 0 Å². The molecule has 0 unspecified atom stereocenters. The quantitative estimate of drug-likeness (QED) is 0.568. The SMILES string of the molecule is O=S(=O)(Nc1nc2ccccc2[nH]1)c1ccc(N=C=S)cc1. The highest BCUT2D eigenvalue weighted by molar-refractivity contribution is 7.92. The van der Waals surface area contributed by atoms with Crippen LogP contribution in [0.5, 0.6) is 0 Å². The van der Waals surface area contributed by atoms with Crippen molar-refractivity contribution in [1.29, 1.82) is 0 Å². The van der Waals surface area contributed by atoms with Crippen LogP contribution >= 0.6 is 12.2 Å². The number of benzene rings is 2. The molecular weight excluding hydrogens is 320 g/mol. The third-order valence-electron chi connectivity index (χ3n) is 2.94. The van der Waals surface area contributed by atoms with E-state index in [9.17, 15) is 8.42 Å². The van der Waals surface area contributed by atoms with E-state index in [2.05, 4.69) is 37.1 Å². The van der Waals surface area contributed by atoms with Crippen molar-refractivity contribution in [2.75, 3.05) is 4.72 Å². The number of imidazole rings is 1. The molecule has 0 spiro atoms. The number of fused-ring (bicyclic) bond motifs is 1. The third-order valence-corrected chi connectivity index (χ3v) is 4.39. The zero-order valence-electron chi connectivity index (χ0n) is 11.1. The molecule has 0 saturated heterocycles. The second kappa shape index (κ2) is 5.69. The highest BCUT2D eigenvalue weighted by Crippen LogP contribution is 2.20. The Balaban J connectivity index is 1.90. The van der Waals surface area contributed by atoms with Crippen LogP contribution in [0.1, 0.15) is 0 Å². The number of hydrogen-bond donors (Lipinski definition) is 2. The molecule has 0 aliphatic rings. The number of rotatable bonds is 4. The predicted molar refractivity (Wildman–Crippen MR) is 88.0 cm³/mol. The molecule has 110 valence electrons. The van der Waals surface area contributed by atoms with E-state index in [1.165, 1.54) is 12.1 Å². The van der Waals surface area contributed by atoms with E-state index in [0.717, 1.165) is 5.52 Å². The average molecular weight is 330 g/mol. The van der Waals surface area contributed by atoms with Crippen LogP contribution in [0.2, 0.25) is 0 Å². The maximum Gasteiger partial charge on any atom is 0.264 e. The fourth-order valence-electron chi connectivity index (χ4n) is 1.94. The molecule has 0 aliphatic carbocycles. The van der Waals surface area contributed by atoms with Crippen LogP contribution in [-0.2, 0) is 10.0 Å². The summed E-state index contributed by atoms with van der Waals surface area (Å²) in [4.78, 5) is 11.0. The van der Waals surface area contributed by atoms with Crippen LogP contribution in [0.3, 0.4) is 0 Å². The Morgan fingerprint density at radius 2 is 1.86 bits per heavy atom. The normalized spacial score (nSPS) is 11.1. The van der Waals surface area contributed by atoms with Gasteiger partial charge in [0.05, 0.1) is 26.8 Å². The van der Waals surface area contributed by atoms with Crippen LogP contribution in [0.15, 0.2) is 58.4 Å². The van der Waals surface area contributed by atoms with E-state index in [1.54, 1.807) is 18.2 Å². The van der Waals surface area contributed by atoms with Crippen molar-refractivity contribution in [3.05, 3.63) is 48.5 Å². The van der Waals surface area contributed by atoms with E-state index < -0.39 is 10.0 Å². The summed E-state index contributed by atoms with van der Waals surface area (Å²) >= 11 is 4.50. The Labute approximate surface area is 132 Å². The summed E-state index contributed by atoms with van der Waals surface area (Å²) in [6.45, 7) is 0. The fraction of sp³-hybridized carbons (Fsp3) is 0. The molecule has 2 aromatic carbocycles. The van der Waals surface area contributed by atoms with Gasteiger partial charge in [-0.2, -0.15) is 4.99 Å². The zero-order valence-corrected chi connectivity index (χ0v) is 12.8. The molecule has 0 aliphatic heterocycles. The minimum atomic E-state index is -3.72. The van der Waals surface area contributed by atoms with Crippen LogP contribution in [0, 0.1) is 0 Å². The summed E-state index contributed by atoms with van der Waals surface area (Å²) in [6, 6.07) is 13.3. The first kappa shape index (κ1) is 14.4. The monoisotopic (exact) mass is 330 g/mol. The van der Waals surface area contributed by atoms with Crippen LogP contribution < -0.4 is 4.72 Å². The van der Waals surface area contributed by atoms with Crippen LogP contribution in [0.4, 0.5) is 11.6 Å². The number of nitrogens with zero attached hydrogens (tertiary/aromatic N) is 2. The predicted octanol–water partition coefficient (Wildman–Crippen LogP) is 3.10. The molecule has 22 heavy (non-hydrogen) atoms. The summed E-state index contributed by atoms with van der Waals surface area (Å²) in [5, 5.41) is 2.23. The van der Waals surface area contributed by atoms with Gasteiger partial charge in [-0.05, 0) is 48.6 Å². The first-order valence-electron chi connectivity index (χ1n) is 6.24. The topological polar surface area (TPSA) is 87.2 Å². The van der Waals surface area contributed by atoms with Gasteiger partial charge in [-0.3, -0.25) is 0 Å². The second-order valence-electron chi connectivity index (χ2n) is 4.41. The molecule has 3 rings (SSSR count). The van der Waals surface area contributed by atoms with Crippen molar-refractivity contribution in [3.8, 4) is 0 Å². The standard InChI is InChI=1S/C14H10N4O2S2/c19-22(20,11-7-5-10(6-8-11)15-9-21)18-14-16-12-3-1-2-4-13(12)17-14/h1-8H,(H2,16,17,18). The van der Waals surface area contributed by atoms with Crippen molar-refractivity contribution < 1.29 is 8.42 Å². The molecule has 0 saturated carbocycles. The Morgan fingerprint density at radius 3 is 2.55 bits per heavy atom. The number of thiocarbonyl (C=S) groups is 1. The molecule has 0 radical (unpaired) electrons. The minimum absolute atomic E-state index is 0.108. The van der Waals surface area contributed by atoms with E-state index in [0.29, 0.717) is 11.2 Å². The van der Waals surface area contributed by atoms with Crippen molar-refractivity contribution in [1.82, 2.24) is 9.97 Å². The van der Waals surface area contributed by atoms with Gasteiger partial charge < -0.3 is 4.98 Å². The first-order chi connectivity index (χ1) is 10.6. The lowest BCUT2D eigenvalue weighted by Gasteiger charge is -2.05. The number of para-hydroxylation sites is 2. The lowest BCUT2D eigenvalue weighted by molar-refractivity contribution is 0.601. The molecule has 0 amide bonds. The number of isothiocyanates is 1. The Bertz CT molecular complexity index is 939. The molecule has 0 bridgehead atoms. The molecule has 1 aromatic heterocycles. The number of anilines is 1. The maximum atomic E-state index is 12.3. The lowest BCUT2D eigenvalue weighted by Crippen LogP contribution is -2.13. The van der Waals surface area contributed by atoms with Crippen molar-refractivity contribution >= 4 is 50.1 Å². The van der Waals surface area contributed by atoms with Crippen molar-refractivity contribution in [2.45, 2.75) is 4.90 Å².